The van der Waals surface area contributed by atoms with Crippen molar-refractivity contribution in [3.63, 3.8) is 0 Å². The Hall–Kier alpha value is 0.400. The summed E-state index contributed by atoms with van der Waals surface area (Å²) in [6, 6.07) is 0. The highest BCUT2D eigenvalue weighted by Crippen LogP contribution is 2.39. The molecule has 0 radical (unpaired) electrons. The van der Waals surface area contributed by atoms with Gasteiger partial charge in [0.15, 0.2) is 0 Å². The summed E-state index contributed by atoms with van der Waals surface area (Å²) >= 11 is 3.61. The van der Waals surface area contributed by atoms with E-state index in [0.717, 1.165) is 44.4 Å². The third-order valence-electron chi connectivity index (χ3n) is 3.19. The van der Waals surface area contributed by atoms with Crippen LogP contribution in [0.4, 0.5) is 0 Å². The molecule has 1 fully saturated rings. The van der Waals surface area contributed by atoms with Crippen LogP contribution in [0.1, 0.15) is 33.1 Å². The average molecular weight is 265 g/mol. The van der Waals surface area contributed by atoms with Crippen molar-refractivity contribution in [3.05, 3.63) is 0 Å². The second-order valence-electron chi connectivity index (χ2n) is 4.12. The Bertz CT molecular complexity index is 163. The van der Waals surface area contributed by atoms with Crippen LogP contribution in [0.3, 0.4) is 0 Å². The van der Waals surface area contributed by atoms with Crippen molar-refractivity contribution in [2.75, 3.05) is 25.2 Å². The van der Waals surface area contributed by atoms with Gasteiger partial charge < -0.3 is 9.47 Å². The highest BCUT2D eigenvalue weighted by atomic mass is 79.9. The molecule has 2 unspecified atom stereocenters. The molecule has 0 aromatic carbocycles. The van der Waals surface area contributed by atoms with Gasteiger partial charge in [-0.1, -0.05) is 22.9 Å². The maximum Gasteiger partial charge on any atom is 0.0612 e. The first-order chi connectivity index (χ1) is 6.75. The Kier molecular flexibility index (Phi) is 5.42. The molecule has 2 nitrogen and oxygen atoms in total. The molecule has 1 saturated heterocycles. The monoisotopic (exact) mass is 264 g/mol. The van der Waals surface area contributed by atoms with E-state index in [1.165, 1.54) is 0 Å². The summed E-state index contributed by atoms with van der Waals surface area (Å²) in [5.41, 5.74) is 0.313. The fourth-order valence-corrected chi connectivity index (χ4v) is 2.93. The molecule has 14 heavy (non-hydrogen) atoms. The molecular weight excluding hydrogens is 244 g/mol. The third kappa shape index (κ3) is 2.94. The zero-order valence-corrected chi connectivity index (χ0v) is 10.8. The summed E-state index contributed by atoms with van der Waals surface area (Å²) in [7, 11) is 0. The second-order valence-corrected chi connectivity index (χ2v) is 4.68. The predicted octanol–water partition coefficient (Wildman–Crippen LogP) is 2.99. The van der Waals surface area contributed by atoms with E-state index in [1.54, 1.807) is 0 Å². The fraction of sp³-hybridized carbons (Fsp3) is 1.00. The Morgan fingerprint density at radius 1 is 1.50 bits per heavy atom. The molecule has 2 atom stereocenters. The van der Waals surface area contributed by atoms with Gasteiger partial charge in [-0.15, -0.1) is 0 Å². The molecule has 0 amide bonds. The van der Waals surface area contributed by atoms with Crippen LogP contribution in [0.25, 0.3) is 0 Å². The lowest BCUT2D eigenvalue weighted by Crippen LogP contribution is -2.32. The van der Waals surface area contributed by atoms with E-state index >= 15 is 0 Å². The van der Waals surface area contributed by atoms with Gasteiger partial charge in [0.2, 0.25) is 0 Å². The molecule has 0 aliphatic carbocycles. The van der Waals surface area contributed by atoms with Crippen LogP contribution in [0.2, 0.25) is 0 Å². The molecule has 3 heteroatoms. The summed E-state index contributed by atoms with van der Waals surface area (Å²) in [6.45, 7) is 6.97. The minimum absolute atomic E-state index is 0.313. The van der Waals surface area contributed by atoms with Crippen LogP contribution in [0, 0.1) is 5.41 Å². The first-order valence-electron chi connectivity index (χ1n) is 5.50. The standard InChI is InChI=1S/C11H21BrO2/c1-3-6-13-7-4-11(9-12)5-8-14-10(11)2/h10H,3-9H2,1-2H3. The summed E-state index contributed by atoms with van der Waals surface area (Å²) < 4.78 is 11.2. The van der Waals surface area contributed by atoms with E-state index in [4.69, 9.17) is 9.47 Å². The van der Waals surface area contributed by atoms with Crippen LogP contribution >= 0.6 is 15.9 Å². The van der Waals surface area contributed by atoms with E-state index in [0.29, 0.717) is 11.5 Å². The first kappa shape index (κ1) is 12.5. The van der Waals surface area contributed by atoms with Crippen molar-refractivity contribution in [1.82, 2.24) is 0 Å². The van der Waals surface area contributed by atoms with Crippen LogP contribution in [0.15, 0.2) is 0 Å². The van der Waals surface area contributed by atoms with Gasteiger partial charge in [0.25, 0.3) is 0 Å². The summed E-state index contributed by atoms with van der Waals surface area (Å²) in [5.74, 6) is 0. The molecule has 1 aliphatic heterocycles. The average Bonchev–Trinajstić information content (AvgIpc) is 2.56. The molecule has 0 N–H and O–H groups in total. The Morgan fingerprint density at radius 3 is 2.79 bits per heavy atom. The highest BCUT2D eigenvalue weighted by molar-refractivity contribution is 9.09. The number of rotatable bonds is 6. The molecule has 1 heterocycles. The van der Waals surface area contributed by atoms with Gasteiger partial charge in [0.1, 0.15) is 0 Å². The molecule has 1 aliphatic rings. The zero-order chi connectivity index (χ0) is 10.4. The van der Waals surface area contributed by atoms with Crippen molar-refractivity contribution < 1.29 is 9.47 Å². The van der Waals surface area contributed by atoms with Crippen LogP contribution in [-0.4, -0.2) is 31.3 Å². The highest BCUT2D eigenvalue weighted by Gasteiger charge is 2.40. The number of hydrogen-bond donors (Lipinski definition) is 0. The molecular formula is C11H21BrO2. The van der Waals surface area contributed by atoms with Crippen molar-refractivity contribution in [2.45, 2.75) is 39.2 Å². The number of alkyl halides is 1. The van der Waals surface area contributed by atoms with Gasteiger partial charge in [-0.3, -0.25) is 0 Å². The molecule has 1 rings (SSSR count). The minimum atomic E-state index is 0.313. The summed E-state index contributed by atoms with van der Waals surface area (Å²) in [5, 5.41) is 1.02. The van der Waals surface area contributed by atoms with Gasteiger partial charge in [-0.25, -0.2) is 0 Å². The quantitative estimate of drug-likeness (QED) is 0.543. The molecule has 84 valence electrons. The normalized spacial score (nSPS) is 32.4. The van der Waals surface area contributed by atoms with Crippen LogP contribution in [-0.2, 0) is 9.47 Å². The first-order valence-corrected chi connectivity index (χ1v) is 6.62. The van der Waals surface area contributed by atoms with Gasteiger partial charge in [-0.05, 0) is 26.2 Å². The Labute approximate surface area is 95.5 Å². The predicted molar refractivity (Wildman–Crippen MR) is 62.0 cm³/mol. The van der Waals surface area contributed by atoms with E-state index in [2.05, 4.69) is 29.8 Å². The number of halogens is 1. The van der Waals surface area contributed by atoms with Gasteiger partial charge >= 0.3 is 0 Å². The minimum Gasteiger partial charge on any atom is -0.381 e. The smallest absolute Gasteiger partial charge is 0.0612 e. The summed E-state index contributed by atoms with van der Waals surface area (Å²) in [4.78, 5) is 0. The van der Waals surface area contributed by atoms with E-state index in [1.807, 2.05) is 0 Å². The molecule has 0 spiro atoms. The lowest BCUT2D eigenvalue weighted by molar-refractivity contribution is 0.0450. The van der Waals surface area contributed by atoms with E-state index in [9.17, 15) is 0 Å². The maximum absolute atomic E-state index is 5.63. The SMILES string of the molecule is CCCOCCC1(CBr)CCOC1C. The third-order valence-corrected chi connectivity index (χ3v) is 4.31. The maximum atomic E-state index is 5.63. The van der Waals surface area contributed by atoms with Gasteiger partial charge in [0, 0.05) is 30.6 Å². The van der Waals surface area contributed by atoms with Crippen molar-refractivity contribution in [3.8, 4) is 0 Å². The van der Waals surface area contributed by atoms with Crippen molar-refractivity contribution >= 4 is 15.9 Å². The van der Waals surface area contributed by atoms with Crippen LogP contribution < -0.4 is 0 Å². The largest absolute Gasteiger partial charge is 0.381 e. The van der Waals surface area contributed by atoms with E-state index < -0.39 is 0 Å². The topological polar surface area (TPSA) is 18.5 Å². The van der Waals surface area contributed by atoms with Crippen LogP contribution in [0.5, 0.6) is 0 Å². The van der Waals surface area contributed by atoms with Gasteiger partial charge in [-0.2, -0.15) is 0 Å². The Balaban J connectivity index is 2.30. The fourth-order valence-electron chi connectivity index (χ4n) is 1.91. The summed E-state index contributed by atoms with van der Waals surface area (Å²) in [6.07, 6.45) is 3.74. The van der Waals surface area contributed by atoms with E-state index in [-0.39, 0.29) is 0 Å². The molecule has 0 aromatic heterocycles. The second kappa shape index (κ2) is 6.09. The number of hydrogen-bond acceptors (Lipinski definition) is 2. The Morgan fingerprint density at radius 2 is 2.29 bits per heavy atom. The zero-order valence-electron chi connectivity index (χ0n) is 9.22. The van der Waals surface area contributed by atoms with Gasteiger partial charge in [0.05, 0.1) is 6.10 Å². The molecule has 0 bridgehead atoms. The number of ether oxygens (including phenoxy) is 2. The lowest BCUT2D eigenvalue weighted by Gasteiger charge is -2.29. The molecule has 0 aromatic rings. The molecule has 0 saturated carbocycles. The van der Waals surface area contributed by atoms with Crippen molar-refractivity contribution in [2.24, 2.45) is 5.41 Å². The lowest BCUT2D eigenvalue weighted by atomic mass is 9.81. The van der Waals surface area contributed by atoms with Crippen molar-refractivity contribution in [1.29, 1.82) is 0 Å².